The second kappa shape index (κ2) is 3.83. The molecule has 0 atom stereocenters. The number of benzene rings is 1. The van der Waals surface area contributed by atoms with Crippen LogP contribution in [0.15, 0.2) is 48.0 Å². The lowest BCUT2D eigenvalue weighted by atomic mass is 10.1. The lowest BCUT2D eigenvalue weighted by molar-refractivity contribution is 0.104. The van der Waals surface area contributed by atoms with Crippen molar-refractivity contribution in [1.82, 2.24) is 4.57 Å². The minimum Gasteiger partial charge on any atom is -0.311 e. The fourth-order valence-corrected chi connectivity index (χ4v) is 3.60. The molecule has 0 saturated heterocycles. The van der Waals surface area contributed by atoms with Crippen molar-refractivity contribution in [2.24, 2.45) is 0 Å². The summed E-state index contributed by atoms with van der Waals surface area (Å²) in [6, 6.07) is 11.5. The Hall–Kier alpha value is -1.84. The van der Waals surface area contributed by atoms with Crippen molar-refractivity contribution in [3.05, 3.63) is 63.6 Å². The summed E-state index contributed by atoms with van der Waals surface area (Å²) in [6.45, 7) is 0. The van der Waals surface area contributed by atoms with Crippen molar-refractivity contribution in [3.8, 4) is 16.8 Å². The molecule has 0 unspecified atom stereocenters. The molecule has 4 rings (SSSR count). The molecule has 1 aromatic carbocycles. The molecule has 0 spiro atoms. The molecule has 0 amide bonds. The summed E-state index contributed by atoms with van der Waals surface area (Å²) < 4.78 is 1.97. The topological polar surface area (TPSA) is 22.0 Å². The largest absolute Gasteiger partial charge is 0.311 e. The Morgan fingerprint density at radius 2 is 1.89 bits per heavy atom. The van der Waals surface area contributed by atoms with Gasteiger partial charge in [-0.25, -0.2) is 0 Å². The number of hydrogen-bond donors (Lipinski definition) is 0. The van der Waals surface area contributed by atoms with E-state index < -0.39 is 0 Å². The van der Waals surface area contributed by atoms with Crippen molar-refractivity contribution < 1.29 is 4.79 Å². The predicted molar refractivity (Wildman–Crippen MR) is 77.5 cm³/mol. The van der Waals surface area contributed by atoms with Crippen LogP contribution < -0.4 is 0 Å². The van der Waals surface area contributed by atoms with Crippen LogP contribution in [0.2, 0.25) is 5.02 Å². The van der Waals surface area contributed by atoms with Gasteiger partial charge in [-0.2, -0.15) is 0 Å². The maximum Gasteiger partial charge on any atom is 0.221 e. The highest BCUT2D eigenvalue weighted by Gasteiger charge is 2.30. The normalized spacial score (nSPS) is 12.6. The fraction of sp³-hybridized carbons (Fsp3) is 0. The molecule has 0 aliphatic carbocycles. The second-order valence-corrected chi connectivity index (χ2v) is 5.74. The number of hydrogen-bond acceptors (Lipinski definition) is 2. The van der Waals surface area contributed by atoms with E-state index in [1.807, 2.05) is 52.5 Å². The summed E-state index contributed by atoms with van der Waals surface area (Å²) in [5.74, 6) is 0.116. The lowest BCUT2D eigenvalue weighted by Crippen LogP contribution is -1.94. The van der Waals surface area contributed by atoms with Crippen molar-refractivity contribution in [2.75, 3.05) is 0 Å². The molecule has 19 heavy (non-hydrogen) atoms. The first kappa shape index (κ1) is 11.0. The van der Waals surface area contributed by atoms with Crippen molar-refractivity contribution in [1.29, 1.82) is 0 Å². The molecule has 1 aliphatic heterocycles. The van der Waals surface area contributed by atoms with Gasteiger partial charge in [-0.3, -0.25) is 4.79 Å². The average molecular weight is 286 g/mol. The van der Waals surface area contributed by atoms with Crippen LogP contribution in [-0.4, -0.2) is 10.4 Å². The van der Waals surface area contributed by atoms with Crippen LogP contribution >= 0.6 is 22.9 Å². The van der Waals surface area contributed by atoms with Gasteiger partial charge in [0.05, 0.1) is 11.4 Å². The van der Waals surface area contributed by atoms with E-state index in [1.54, 1.807) is 0 Å². The molecule has 2 nitrogen and oxygen atoms in total. The molecule has 3 aromatic rings. The molecule has 0 N–H and O–H groups in total. The van der Waals surface area contributed by atoms with Gasteiger partial charge in [-0.1, -0.05) is 23.7 Å². The molecule has 1 aliphatic rings. The average Bonchev–Trinajstić information content (AvgIpc) is 3.08. The van der Waals surface area contributed by atoms with Crippen molar-refractivity contribution >= 4 is 28.7 Å². The number of halogens is 1. The predicted octanol–water partition coefficient (Wildman–Crippen LogP) is 4.40. The van der Waals surface area contributed by atoms with E-state index in [2.05, 4.69) is 0 Å². The van der Waals surface area contributed by atoms with Gasteiger partial charge < -0.3 is 4.57 Å². The summed E-state index contributed by atoms with van der Waals surface area (Å²) >= 11 is 7.42. The Kier molecular flexibility index (Phi) is 2.22. The van der Waals surface area contributed by atoms with E-state index in [-0.39, 0.29) is 5.78 Å². The summed E-state index contributed by atoms with van der Waals surface area (Å²) in [5, 5.41) is 2.75. The lowest BCUT2D eigenvalue weighted by Gasteiger charge is -2.04. The third kappa shape index (κ3) is 1.46. The van der Waals surface area contributed by atoms with E-state index in [0.29, 0.717) is 5.02 Å². The molecule has 4 heteroatoms. The summed E-state index contributed by atoms with van der Waals surface area (Å²) in [5.41, 5.74) is 3.91. The van der Waals surface area contributed by atoms with E-state index in [0.717, 1.165) is 27.4 Å². The number of carbonyl (C=O) groups excluding carboxylic acids is 1. The van der Waals surface area contributed by atoms with Gasteiger partial charge in [0.25, 0.3) is 0 Å². The Balaban J connectivity index is 1.97. The number of ketones is 1. The third-order valence-electron chi connectivity index (χ3n) is 3.35. The quantitative estimate of drug-likeness (QED) is 0.508. The zero-order chi connectivity index (χ0) is 13.0. The number of aromatic nitrogens is 1. The van der Waals surface area contributed by atoms with Gasteiger partial charge in [-0.15, -0.1) is 11.3 Å². The smallest absolute Gasteiger partial charge is 0.221 e. The zero-order valence-corrected chi connectivity index (χ0v) is 11.3. The molecule has 3 heterocycles. The van der Waals surface area contributed by atoms with Crippen LogP contribution in [0.1, 0.15) is 15.4 Å². The van der Waals surface area contributed by atoms with Crippen LogP contribution in [0.5, 0.6) is 0 Å². The minimum absolute atomic E-state index is 0.116. The van der Waals surface area contributed by atoms with Crippen molar-refractivity contribution in [3.63, 3.8) is 0 Å². The van der Waals surface area contributed by atoms with Crippen LogP contribution in [-0.2, 0) is 0 Å². The van der Waals surface area contributed by atoms with E-state index in [1.165, 1.54) is 11.3 Å². The van der Waals surface area contributed by atoms with Crippen molar-refractivity contribution in [2.45, 2.75) is 0 Å². The summed E-state index contributed by atoms with van der Waals surface area (Å²) in [7, 11) is 0. The third-order valence-corrected chi connectivity index (χ3v) is 4.57. The number of thiophene rings is 1. The summed E-state index contributed by atoms with van der Waals surface area (Å²) in [6.07, 6.45) is 1.94. The van der Waals surface area contributed by atoms with E-state index >= 15 is 0 Å². The monoisotopic (exact) mass is 285 g/mol. The van der Waals surface area contributed by atoms with Gasteiger partial charge in [0.1, 0.15) is 4.88 Å². The first-order valence-electron chi connectivity index (χ1n) is 5.85. The maximum atomic E-state index is 12.2. The molecular formula is C15H8ClNOS. The molecule has 2 aromatic heterocycles. The highest BCUT2D eigenvalue weighted by atomic mass is 35.5. The molecule has 92 valence electrons. The highest BCUT2D eigenvalue weighted by molar-refractivity contribution is 7.13. The molecule has 0 radical (unpaired) electrons. The van der Waals surface area contributed by atoms with Crippen LogP contribution in [0, 0.1) is 0 Å². The molecule has 0 bridgehead atoms. The number of nitrogens with zero attached hydrogens (tertiary/aromatic N) is 1. The van der Waals surface area contributed by atoms with Gasteiger partial charge in [0.15, 0.2) is 0 Å². The Bertz CT molecular complexity index is 798. The highest BCUT2D eigenvalue weighted by Crippen LogP contribution is 2.41. The van der Waals surface area contributed by atoms with Crippen LogP contribution in [0.4, 0.5) is 0 Å². The number of rotatable bonds is 1. The standard InChI is InChI=1S/C15H8ClNOS/c16-10-5-3-9(4-6-10)11-8-19-15-13(11)17-7-1-2-12(17)14(15)18/h1-8H. The van der Waals surface area contributed by atoms with E-state index in [9.17, 15) is 4.79 Å². The molecular weight excluding hydrogens is 278 g/mol. The maximum absolute atomic E-state index is 12.2. The molecule has 0 saturated carbocycles. The van der Waals surface area contributed by atoms with Gasteiger partial charge in [0, 0.05) is 22.2 Å². The minimum atomic E-state index is 0.116. The number of fused-ring (bicyclic) bond motifs is 3. The first-order valence-corrected chi connectivity index (χ1v) is 7.11. The van der Waals surface area contributed by atoms with Gasteiger partial charge >= 0.3 is 0 Å². The van der Waals surface area contributed by atoms with E-state index in [4.69, 9.17) is 11.6 Å². The van der Waals surface area contributed by atoms with Gasteiger partial charge in [0.2, 0.25) is 5.78 Å². The Labute approximate surface area is 118 Å². The van der Waals surface area contributed by atoms with Crippen LogP contribution in [0.3, 0.4) is 0 Å². The molecule has 0 fully saturated rings. The second-order valence-electron chi connectivity index (χ2n) is 4.43. The summed E-state index contributed by atoms with van der Waals surface area (Å²) in [4.78, 5) is 13.0. The number of carbonyl (C=O) groups is 1. The Morgan fingerprint density at radius 3 is 2.68 bits per heavy atom. The van der Waals surface area contributed by atoms with Gasteiger partial charge in [-0.05, 0) is 29.8 Å². The Morgan fingerprint density at radius 1 is 1.11 bits per heavy atom. The fourth-order valence-electron chi connectivity index (χ4n) is 2.46. The van der Waals surface area contributed by atoms with Crippen LogP contribution in [0.25, 0.3) is 16.8 Å². The SMILES string of the molecule is O=C1c2scc(-c3ccc(Cl)cc3)c2-n2cccc21. The first-order chi connectivity index (χ1) is 9.25. The zero-order valence-electron chi connectivity index (χ0n) is 9.76.